The summed E-state index contributed by atoms with van der Waals surface area (Å²) in [6.45, 7) is 8.26. The Kier molecular flexibility index (Phi) is 3.49. The second kappa shape index (κ2) is 4.66. The standard InChI is InChI=1S/C14H21ClN2O2S2/c1-8-10(20-12(15)16-8)21(18,19)17-11-13(2,3)9-5-6-14(11,4)7-9/h9,11,17H,5-7H2,1-4H3. The first kappa shape index (κ1) is 15.7. The van der Waals surface area contributed by atoms with Crippen molar-refractivity contribution in [2.24, 2.45) is 16.7 Å². The van der Waals surface area contributed by atoms with E-state index in [9.17, 15) is 8.42 Å². The first-order chi connectivity index (χ1) is 9.56. The van der Waals surface area contributed by atoms with E-state index in [0.717, 1.165) is 24.2 Å². The molecule has 1 N–H and O–H groups in total. The normalized spacial score (nSPS) is 34.5. The van der Waals surface area contributed by atoms with Gasteiger partial charge < -0.3 is 0 Å². The van der Waals surface area contributed by atoms with Gasteiger partial charge in [-0.05, 0) is 42.9 Å². The van der Waals surface area contributed by atoms with Crippen LogP contribution in [0.15, 0.2) is 4.21 Å². The first-order valence-electron chi connectivity index (χ1n) is 7.21. The van der Waals surface area contributed by atoms with E-state index in [0.29, 0.717) is 11.6 Å². The zero-order valence-electron chi connectivity index (χ0n) is 12.7. The number of aromatic nitrogens is 1. The molecule has 21 heavy (non-hydrogen) atoms. The van der Waals surface area contributed by atoms with Crippen LogP contribution in [-0.4, -0.2) is 19.4 Å². The molecule has 0 amide bonds. The number of thiazole rings is 1. The summed E-state index contributed by atoms with van der Waals surface area (Å²) in [5.74, 6) is 0.598. The van der Waals surface area contributed by atoms with Crippen LogP contribution in [0.25, 0.3) is 0 Å². The van der Waals surface area contributed by atoms with Gasteiger partial charge in [-0.1, -0.05) is 43.7 Å². The molecule has 2 aliphatic rings. The van der Waals surface area contributed by atoms with Gasteiger partial charge in [0.05, 0.1) is 5.69 Å². The number of hydrogen-bond acceptors (Lipinski definition) is 4. The van der Waals surface area contributed by atoms with Gasteiger partial charge >= 0.3 is 0 Å². The van der Waals surface area contributed by atoms with Crippen LogP contribution >= 0.6 is 22.9 Å². The largest absolute Gasteiger partial charge is 0.252 e. The number of nitrogens with one attached hydrogen (secondary N) is 1. The lowest BCUT2D eigenvalue weighted by atomic mass is 9.69. The van der Waals surface area contributed by atoms with E-state index in [2.05, 4.69) is 30.5 Å². The fourth-order valence-electron chi connectivity index (χ4n) is 4.40. The van der Waals surface area contributed by atoms with Gasteiger partial charge in [0.25, 0.3) is 10.0 Å². The van der Waals surface area contributed by atoms with Gasteiger partial charge in [-0.25, -0.2) is 18.1 Å². The second-order valence-corrected chi connectivity index (χ2v) is 10.8. The first-order valence-corrected chi connectivity index (χ1v) is 9.89. The Morgan fingerprint density at radius 3 is 2.52 bits per heavy atom. The van der Waals surface area contributed by atoms with Crippen molar-refractivity contribution in [1.82, 2.24) is 9.71 Å². The average Bonchev–Trinajstić information content (AvgIpc) is 2.94. The van der Waals surface area contributed by atoms with Crippen LogP contribution in [0.1, 0.15) is 45.7 Å². The quantitative estimate of drug-likeness (QED) is 0.907. The van der Waals surface area contributed by atoms with E-state index < -0.39 is 10.0 Å². The van der Waals surface area contributed by atoms with Crippen LogP contribution in [0.3, 0.4) is 0 Å². The van der Waals surface area contributed by atoms with Gasteiger partial charge in [0, 0.05) is 6.04 Å². The predicted molar refractivity (Wildman–Crippen MR) is 85.2 cm³/mol. The van der Waals surface area contributed by atoms with Crippen LogP contribution in [-0.2, 0) is 10.0 Å². The fourth-order valence-corrected chi connectivity index (χ4v) is 7.69. The zero-order chi connectivity index (χ0) is 15.6. The van der Waals surface area contributed by atoms with Gasteiger partial charge in [0.15, 0.2) is 8.68 Å². The monoisotopic (exact) mass is 348 g/mol. The molecule has 2 fully saturated rings. The number of sulfonamides is 1. The van der Waals surface area contributed by atoms with Gasteiger partial charge in [0.1, 0.15) is 0 Å². The molecule has 1 heterocycles. The summed E-state index contributed by atoms with van der Waals surface area (Å²) in [5.41, 5.74) is 0.523. The van der Waals surface area contributed by atoms with Crippen molar-refractivity contribution in [3.63, 3.8) is 0 Å². The van der Waals surface area contributed by atoms with Gasteiger partial charge in [-0.3, -0.25) is 0 Å². The molecule has 0 aliphatic heterocycles. The number of halogens is 1. The minimum absolute atomic E-state index is 0.0115. The molecule has 4 nitrogen and oxygen atoms in total. The number of hydrogen-bond donors (Lipinski definition) is 1. The lowest BCUT2D eigenvalue weighted by Crippen LogP contribution is -2.52. The maximum Gasteiger partial charge on any atom is 0.252 e. The Labute approximate surface area is 135 Å². The summed E-state index contributed by atoms with van der Waals surface area (Å²) >= 11 is 6.88. The Morgan fingerprint density at radius 1 is 1.38 bits per heavy atom. The molecule has 0 radical (unpaired) electrons. The van der Waals surface area contributed by atoms with Gasteiger partial charge in [0.2, 0.25) is 0 Å². The maximum absolute atomic E-state index is 12.7. The molecule has 0 saturated heterocycles. The summed E-state index contributed by atoms with van der Waals surface area (Å²) in [6, 6.07) is -0.0333. The second-order valence-electron chi connectivity index (χ2n) is 7.31. The average molecular weight is 349 g/mol. The van der Waals surface area contributed by atoms with E-state index in [1.165, 1.54) is 6.42 Å². The molecular weight excluding hydrogens is 328 g/mol. The lowest BCUT2D eigenvalue weighted by Gasteiger charge is -2.42. The highest BCUT2D eigenvalue weighted by molar-refractivity contribution is 7.91. The van der Waals surface area contributed by atoms with Crippen molar-refractivity contribution < 1.29 is 8.42 Å². The highest BCUT2D eigenvalue weighted by Crippen LogP contribution is 2.62. The zero-order valence-corrected chi connectivity index (χ0v) is 15.1. The number of rotatable bonds is 3. The van der Waals surface area contributed by atoms with E-state index in [1.54, 1.807) is 6.92 Å². The Balaban J connectivity index is 1.94. The third kappa shape index (κ3) is 2.35. The van der Waals surface area contributed by atoms with Crippen molar-refractivity contribution in [2.45, 2.75) is 57.2 Å². The molecule has 2 saturated carbocycles. The predicted octanol–water partition coefficient (Wildman–Crippen LogP) is 3.60. The molecular formula is C14H21ClN2O2S2. The maximum atomic E-state index is 12.7. The summed E-state index contributed by atoms with van der Waals surface area (Å²) in [5, 5.41) is 0. The van der Waals surface area contributed by atoms with E-state index in [1.807, 2.05) is 0 Å². The van der Waals surface area contributed by atoms with Crippen molar-refractivity contribution in [1.29, 1.82) is 0 Å². The Bertz CT molecular complexity index is 678. The van der Waals surface area contributed by atoms with Crippen LogP contribution in [0, 0.1) is 23.7 Å². The summed E-state index contributed by atoms with van der Waals surface area (Å²) in [7, 11) is -3.56. The number of nitrogens with zero attached hydrogens (tertiary/aromatic N) is 1. The van der Waals surface area contributed by atoms with Crippen molar-refractivity contribution >= 4 is 33.0 Å². The molecule has 2 aliphatic carbocycles. The third-order valence-electron chi connectivity index (χ3n) is 5.51. The third-order valence-corrected chi connectivity index (χ3v) is 8.81. The highest BCUT2D eigenvalue weighted by Gasteiger charge is 2.60. The topological polar surface area (TPSA) is 59.1 Å². The highest BCUT2D eigenvalue weighted by atomic mass is 35.5. The number of fused-ring (bicyclic) bond motifs is 2. The van der Waals surface area contributed by atoms with Crippen LogP contribution in [0.4, 0.5) is 0 Å². The lowest BCUT2D eigenvalue weighted by molar-refractivity contribution is 0.127. The van der Waals surface area contributed by atoms with E-state index in [-0.39, 0.29) is 25.5 Å². The molecule has 3 atom stereocenters. The minimum atomic E-state index is -3.56. The van der Waals surface area contributed by atoms with E-state index >= 15 is 0 Å². The van der Waals surface area contributed by atoms with Crippen molar-refractivity contribution in [3.8, 4) is 0 Å². The Hall–Kier alpha value is -0.170. The summed E-state index contributed by atoms with van der Waals surface area (Å²) in [4.78, 5) is 4.02. The molecule has 0 spiro atoms. The molecule has 0 aromatic carbocycles. The fraction of sp³-hybridized carbons (Fsp3) is 0.786. The SMILES string of the molecule is Cc1nc(Cl)sc1S(=O)(=O)NC1C2(C)CCC(C2)C1(C)C. The minimum Gasteiger partial charge on any atom is -0.229 e. The number of aryl methyl sites for hydroxylation is 1. The Morgan fingerprint density at radius 2 is 2.05 bits per heavy atom. The summed E-state index contributed by atoms with van der Waals surface area (Å²) < 4.78 is 28.9. The van der Waals surface area contributed by atoms with E-state index in [4.69, 9.17) is 11.6 Å². The van der Waals surface area contributed by atoms with Gasteiger partial charge in [-0.15, -0.1) is 0 Å². The molecule has 3 rings (SSSR count). The van der Waals surface area contributed by atoms with Crippen molar-refractivity contribution in [3.05, 3.63) is 10.2 Å². The van der Waals surface area contributed by atoms with Crippen LogP contribution in [0.5, 0.6) is 0 Å². The summed E-state index contributed by atoms with van der Waals surface area (Å²) in [6.07, 6.45) is 3.40. The van der Waals surface area contributed by atoms with Crippen molar-refractivity contribution in [2.75, 3.05) is 0 Å². The molecule has 3 unspecified atom stereocenters. The molecule has 1 aromatic heterocycles. The van der Waals surface area contributed by atoms with Gasteiger partial charge in [-0.2, -0.15) is 0 Å². The molecule has 1 aromatic rings. The molecule has 118 valence electrons. The van der Waals surface area contributed by atoms with Crippen LogP contribution in [0.2, 0.25) is 4.47 Å². The molecule has 2 bridgehead atoms. The van der Waals surface area contributed by atoms with Crippen LogP contribution < -0.4 is 4.72 Å². The smallest absolute Gasteiger partial charge is 0.229 e. The molecule has 7 heteroatoms.